The fourth-order valence-electron chi connectivity index (χ4n) is 4.59. The van der Waals surface area contributed by atoms with E-state index in [1.807, 2.05) is 0 Å². The lowest BCUT2D eigenvalue weighted by Gasteiger charge is -2.29. The topological polar surface area (TPSA) is 77.0 Å². The van der Waals surface area contributed by atoms with Crippen LogP contribution in [0.4, 0.5) is 27.6 Å². The molecule has 0 radical (unpaired) electrons. The van der Waals surface area contributed by atoms with Crippen LogP contribution in [-0.2, 0) is 0 Å². The first-order valence-corrected chi connectivity index (χ1v) is 11.9. The van der Waals surface area contributed by atoms with Crippen LogP contribution in [0, 0.1) is 11.6 Å². The van der Waals surface area contributed by atoms with Gasteiger partial charge in [0.1, 0.15) is 23.9 Å². The maximum absolute atomic E-state index is 14.7. The van der Waals surface area contributed by atoms with Crippen molar-refractivity contribution < 1.29 is 31.5 Å². The molecular formula is C26H23F5N4O2. The summed E-state index contributed by atoms with van der Waals surface area (Å²) in [6.45, 7) is 0. The van der Waals surface area contributed by atoms with E-state index in [1.54, 1.807) is 0 Å². The molecule has 2 aliphatic carbocycles. The number of rotatable bonds is 6. The van der Waals surface area contributed by atoms with Gasteiger partial charge in [0.05, 0.1) is 16.9 Å². The minimum Gasteiger partial charge on any atom is -0.460 e. The Kier molecular flexibility index (Phi) is 6.78. The Hall–Kier alpha value is -3.63. The zero-order valence-corrected chi connectivity index (χ0v) is 19.6. The second-order valence-electron chi connectivity index (χ2n) is 9.39. The fourth-order valence-corrected chi connectivity index (χ4v) is 4.59. The molecule has 0 aliphatic heterocycles. The van der Waals surface area contributed by atoms with E-state index in [0.717, 1.165) is 18.2 Å². The summed E-state index contributed by atoms with van der Waals surface area (Å²) in [7, 11) is 0. The molecule has 1 N–H and O–H groups in total. The number of nitrogens with one attached hydrogen (secondary N) is 1. The summed E-state index contributed by atoms with van der Waals surface area (Å²) in [6, 6.07) is 4.37. The summed E-state index contributed by atoms with van der Waals surface area (Å²) >= 11 is 0. The van der Waals surface area contributed by atoms with E-state index in [0.29, 0.717) is 5.69 Å². The first-order chi connectivity index (χ1) is 17.7. The average molecular weight is 518 g/mol. The lowest BCUT2D eigenvalue weighted by atomic mass is 9.83. The smallest absolute Gasteiger partial charge is 0.316 e. The lowest BCUT2D eigenvalue weighted by molar-refractivity contribution is -0.0384. The number of hydrogen-bond acceptors (Lipinski definition) is 5. The number of aromatic nitrogens is 3. The molecule has 1 aromatic carbocycles. The van der Waals surface area contributed by atoms with Crippen LogP contribution in [0.5, 0.6) is 6.01 Å². The molecule has 2 fully saturated rings. The number of hydrogen-bond donors (Lipinski definition) is 1. The van der Waals surface area contributed by atoms with E-state index in [2.05, 4.69) is 20.3 Å². The number of nitrogens with zero attached hydrogens (tertiary/aromatic N) is 3. The quantitative estimate of drug-likeness (QED) is 0.391. The Labute approximate surface area is 209 Å². The predicted molar refractivity (Wildman–Crippen MR) is 124 cm³/mol. The van der Waals surface area contributed by atoms with Gasteiger partial charge in [-0.05, 0) is 37.1 Å². The molecule has 5 rings (SSSR count). The number of alkyl halides is 3. The molecule has 194 valence electrons. The first kappa shape index (κ1) is 25.0. The first-order valence-electron chi connectivity index (χ1n) is 11.9. The van der Waals surface area contributed by atoms with Gasteiger partial charge in [-0.1, -0.05) is 0 Å². The molecule has 6 nitrogen and oxygen atoms in total. The average Bonchev–Trinajstić information content (AvgIpc) is 2.85. The van der Waals surface area contributed by atoms with Gasteiger partial charge in [-0.2, -0.15) is 0 Å². The Balaban J connectivity index is 1.45. The van der Waals surface area contributed by atoms with Crippen LogP contribution in [0.3, 0.4) is 0 Å². The van der Waals surface area contributed by atoms with Crippen molar-refractivity contribution in [2.45, 2.75) is 62.6 Å². The molecule has 0 atom stereocenters. The van der Waals surface area contributed by atoms with E-state index >= 15 is 0 Å². The largest absolute Gasteiger partial charge is 0.460 e. The van der Waals surface area contributed by atoms with Crippen LogP contribution in [0.25, 0.3) is 11.1 Å². The third-order valence-electron chi connectivity index (χ3n) is 6.74. The molecule has 2 aliphatic rings. The van der Waals surface area contributed by atoms with Gasteiger partial charge in [-0.15, -0.1) is 0 Å². The van der Waals surface area contributed by atoms with Gasteiger partial charge in [0.2, 0.25) is 5.92 Å². The number of pyridine rings is 1. The van der Waals surface area contributed by atoms with Crippen LogP contribution >= 0.6 is 0 Å². The summed E-state index contributed by atoms with van der Waals surface area (Å²) in [5, 5.41) is 2.70. The van der Waals surface area contributed by atoms with Gasteiger partial charge in [0.25, 0.3) is 5.91 Å². The third-order valence-corrected chi connectivity index (χ3v) is 6.74. The number of carbonyl (C=O) groups excluding carboxylic acids is 1. The second-order valence-corrected chi connectivity index (χ2v) is 9.39. The monoisotopic (exact) mass is 518 g/mol. The van der Waals surface area contributed by atoms with E-state index in [1.165, 1.54) is 24.7 Å². The molecule has 0 bridgehead atoms. The van der Waals surface area contributed by atoms with Crippen molar-refractivity contribution >= 4 is 11.6 Å². The number of amides is 1. The van der Waals surface area contributed by atoms with Gasteiger partial charge in [-0.3, -0.25) is 9.78 Å². The summed E-state index contributed by atoms with van der Waals surface area (Å²) in [5.41, 5.74) is 0.527. The fraction of sp³-hybridized carbons (Fsp3) is 0.385. The SMILES string of the molecule is O=C(Nc1c(-c2cc(F)ccc2F)ccnc1C1CCC(F)(F)CC1)c1cnc(OC2CC(F)C2)nc1. The molecular weight excluding hydrogens is 495 g/mol. The van der Waals surface area contributed by atoms with Crippen LogP contribution in [0.2, 0.25) is 0 Å². The lowest BCUT2D eigenvalue weighted by Crippen LogP contribution is -2.35. The molecule has 3 aromatic rings. The molecule has 0 spiro atoms. The predicted octanol–water partition coefficient (Wildman–Crippen LogP) is 6.24. The third kappa shape index (κ3) is 5.55. The van der Waals surface area contributed by atoms with Gasteiger partial charge < -0.3 is 10.1 Å². The van der Waals surface area contributed by atoms with Crippen LogP contribution in [0.1, 0.15) is 60.5 Å². The highest BCUT2D eigenvalue weighted by Crippen LogP contribution is 2.44. The zero-order valence-electron chi connectivity index (χ0n) is 19.6. The standard InChI is InChI=1S/C26H23F5N4O2/c27-16-1-2-21(29)20(11-16)19-5-8-32-22(14-3-6-26(30,31)7-4-14)23(19)35-24(36)15-12-33-25(34-13-15)37-18-9-17(28)10-18/h1-2,5,8,11-14,17-18H,3-4,6-7,9-10H2,(H,35,36). The van der Waals surface area contributed by atoms with Crippen molar-refractivity contribution in [1.82, 2.24) is 15.0 Å². The Morgan fingerprint density at radius 2 is 1.70 bits per heavy atom. The summed E-state index contributed by atoms with van der Waals surface area (Å²) in [4.78, 5) is 25.5. The number of halogens is 5. The number of carbonyl (C=O) groups is 1. The normalized spacial score (nSPS) is 21.2. The number of ether oxygens (including phenoxy) is 1. The van der Waals surface area contributed by atoms with Crippen molar-refractivity contribution in [2.75, 3.05) is 5.32 Å². The number of anilines is 1. The summed E-state index contributed by atoms with van der Waals surface area (Å²) < 4.78 is 74.8. The van der Waals surface area contributed by atoms with E-state index in [-0.39, 0.29) is 73.0 Å². The zero-order chi connectivity index (χ0) is 26.2. The van der Waals surface area contributed by atoms with Crippen molar-refractivity contribution in [3.63, 3.8) is 0 Å². The molecule has 0 saturated heterocycles. The van der Waals surface area contributed by atoms with Gasteiger partial charge >= 0.3 is 6.01 Å². The van der Waals surface area contributed by atoms with Crippen LogP contribution < -0.4 is 10.1 Å². The Morgan fingerprint density at radius 1 is 1.00 bits per heavy atom. The van der Waals surface area contributed by atoms with Crippen molar-refractivity contribution in [3.05, 3.63) is 65.7 Å². The second kappa shape index (κ2) is 10.0. The summed E-state index contributed by atoms with van der Waals surface area (Å²) in [5.74, 6) is -5.26. The minimum absolute atomic E-state index is 0.00108. The van der Waals surface area contributed by atoms with Crippen molar-refractivity contribution in [1.29, 1.82) is 0 Å². The molecule has 11 heteroatoms. The summed E-state index contributed by atoms with van der Waals surface area (Å²) in [6.07, 6.45) is 2.66. The molecule has 2 saturated carbocycles. The molecule has 2 heterocycles. The van der Waals surface area contributed by atoms with Crippen LogP contribution in [0.15, 0.2) is 42.9 Å². The van der Waals surface area contributed by atoms with Crippen molar-refractivity contribution in [3.8, 4) is 17.1 Å². The van der Waals surface area contributed by atoms with E-state index < -0.39 is 35.6 Å². The highest BCUT2D eigenvalue weighted by Gasteiger charge is 2.37. The Bertz CT molecular complexity index is 1290. The van der Waals surface area contributed by atoms with E-state index in [4.69, 9.17) is 4.74 Å². The maximum Gasteiger partial charge on any atom is 0.316 e. The minimum atomic E-state index is -2.78. The highest BCUT2D eigenvalue weighted by atomic mass is 19.3. The van der Waals surface area contributed by atoms with Crippen LogP contribution in [-0.4, -0.2) is 39.1 Å². The van der Waals surface area contributed by atoms with Gasteiger partial charge in [-0.25, -0.2) is 31.9 Å². The van der Waals surface area contributed by atoms with Gasteiger partial charge in [0.15, 0.2) is 0 Å². The number of benzene rings is 1. The van der Waals surface area contributed by atoms with E-state index in [9.17, 15) is 26.7 Å². The van der Waals surface area contributed by atoms with Crippen molar-refractivity contribution in [2.24, 2.45) is 0 Å². The molecule has 1 amide bonds. The molecule has 37 heavy (non-hydrogen) atoms. The van der Waals surface area contributed by atoms with Gasteiger partial charge in [0, 0.05) is 61.3 Å². The molecule has 0 unspecified atom stereocenters. The highest BCUT2D eigenvalue weighted by molar-refractivity contribution is 6.06. The Morgan fingerprint density at radius 3 is 2.38 bits per heavy atom. The maximum atomic E-state index is 14.7. The molecule has 2 aromatic heterocycles.